The molecule has 192 valence electrons. The number of β-amino-alcohol motifs (C(OH)–C–C–N with tert-alkyl or cyclic N) is 1. The first-order valence-corrected chi connectivity index (χ1v) is 12.0. The maximum atomic E-state index is 11.9. The van der Waals surface area contributed by atoms with Gasteiger partial charge in [0.1, 0.15) is 17.1 Å². The van der Waals surface area contributed by atoms with E-state index in [1.165, 1.54) is 5.06 Å². The van der Waals surface area contributed by atoms with Gasteiger partial charge >= 0.3 is 6.16 Å². The number of para-hydroxylation sites is 1. The van der Waals surface area contributed by atoms with Crippen molar-refractivity contribution in [1.82, 2.24) is 5.06 Å². The summed E-state index contributed by atoms with van der Waals surface area (Å²) in [5, 5.41) is 12.1. The molecule has 8 heteroatoms. The van der Waals surface area contributed by atoms with Crippen LogP contribution in [0.25, 0.3) is 0 Å². The summed E-state index contributed by atoms with van der Waals surface area (Å²) < 4.78 is 22.1. The number of nitrogens with zero attached hydrogens (tertiary/aromatic N) is 1. The fourth-order valence-corrected chi connectivity index (χ4v) is 3.91. The lowest BCUT2D eigenvalue weighted by Crippen LogP contribution is -2.44. The van der Waals surface area contributed by atoms with Crippen LogP contribution >= 0.6 is 0 Å². The van der Waals surface area contributed by atoms with Crippen LogP contribution in [0.1, 0.15) is 50.7 Å². The molecule has 0 bridgehead atoms. The second-order valence-electron chi connectivity index (χ2n) is 9.54. The Morgan fingerprint density at radius 1 is 1.09 bits per heavy atom. The first-order chi connectivity index (χ1) is 16.7. The van der Waals surface area contributed by atoms with Crippen LogP contribution in [0.15, 0.2) is 48.5 Å². The van der Waals surface area contributed by atoms with Gasteiger partial charge in [0, 0.05) is 24.4 Å². The first kappa shape index (κ1) is 26.8. The lowest BCUT2D eigenvalue weighted by molar-refractivity contribution is -0.170. The predicted octanol–water partition coefficient (Wildman–Crippen LogP) is 4.70. The molecule has 2 aromatic carbocycles. The van der Waals surface area contributed by atoms with E-state index in [-0.39, 0.29) is 12.5 Å². The second kappa shape index (κ2) is 12.8. The van der Waals surface area contributed by atoms with Crippen LogP contribution in [0, 0.1) is 0 Å². The molecule has 1 heterocycles. The second-order valence-corrected chi connectivity index (χ2v) is 9.54. The van der Waals surface area contributed by atoms with Crippen molar-refractivity contribution < 1.29 is 33.7 Å². The minimum atomic E-state index is -0.755. The van der Waals surface area contributed by atoms with Crippen molar-refractivity contribution in [2.24, 2.45) is 0 Å². The molecule has 0 radical (unpaired) electrons. The SMILES string of the molecule is COc1ccccc1COCCCOc1ccc([C@H]2CCN(OC(=O)OC(C)(C)C)C[C@@H]2O)cc1. The number of rotatable bonds is 10. The summed E-state index contributed by atoms with van der Waals surface area (Å²) in [5.74, 6) is 1.57. The number of ether oxygens (including phenoxy) is 4. The van der Waals surface area contributed by atoms with Crippen LogP contribution in [-0.2, 0) is 20.9 Å². The van der Waals surface area contributed by atoms with Gasteiger partial charge in [-0.15, -0.1) is 5.06 Å². The number of hydrogen-bond acceptors (Lipinski definition) is 8. The lowest BCUT2D eigenvalue weighted by atomic mass is 9.88. The Morgan fingerprint density at radius 2 is 1.83 bits per heavy atom. The molecule has 8 nitrogen and oxygen atoms in total. The Labute approximate surface area is 207 Å². The molecule has 0 aromatic heterocycles. The molecule has 1 aliphatic heterocycles. The third-order valence-corrected chi connectivity index (χ3v) is 5.60. The molecule has 1 saturated heterocycles. The number of hydroxylamine groups is 2. The molecular weight excluding hydrogens is 450 g/mol. The average molecular weight is 488 g/mol. The topological polar surface area (TPSA) is 86.7 Å². The number of methoxy groups -OCH3 is 1. The van der Waals surface area contributed by atoms with E-state index in [4.69, 9.17) is 23.8 Å². The highest BCUT2D eigenvalue weighted by molar-refractivity contribution is 5.60. The number of carbonyl (C=O) groups is 1. The van der Waals surface area contributed by atoms with Gasteiger partial charge in [0.15, 0.2) is 0 Å². The normalized spacial score (nSPS) is 18.7. The fourth-order valence-electron chi connectivity index (χ4n) is 3.91. The molecule has 0 amide bonds. The van der Waals surface area contributed by atoms with E-state index in [0.717, 1.165) is 29.0 Å². The molecule has 1 aliphatic rings. The minimum Gasteiger partial charge on any atom is -0.496 e. The van der Waals surface area contributed by atoms with Gasteiger partial charge in [-0.2, -0.15) is 0 Å². The van der Waals surface area contributed by atoms with Gasteiger partial charge in [-0.1, -0.05) is 30.3 Å². The molecule has 0 saturated carbocycles. The van der Waals surface area contributed by atoms with Crippen molar-refractivity contribution >= 4 is 6.16 Å². The van der Waals surface area contributed by atoms with Gasteiger partial charge in [-0.25, -0.2) is 4.79 Å². The molecule has 35 heavy (non-hydrogen) atoms. The number of piperidine rings is 1. The Bertz CT molecular complexity index is 926. The van der Waals surface area contributed by atoms with Crippen LogP contribution in [0.3, 0.4) is 0 Å². The quantitative estimate of drug-likeness (QED) is 0.381. The van der Waals surface area contributed by atoms with Gasteiger partial charge in [0.2, 0.25) is 0 Å². The Kier molecular flexibility index (Phi) is 9.77. The molecule has 2 atom stereocenters. The monoisotopic (exact) mass is 487 g/mol. The summed E-state index contributed by atoms with van der Waals surface area (Å²) >= 11 is 0. The Balaban J connectivity index is 1.36. The number of aliphatic hydroxyl groups is 1. The zero-order valence-corrected chi connectivity index (χ0v) is 21.1. The van der Waals surface area contributed by atoms with Gasteiger partial charge in [-0.3, -0.25) is 0 Å². The summed E-state index contributed by atoms with van der Waals surface area (Å²) in [6.45, 7) is 7.73. The Morgan fingerprint density at radius 3 is 2.51 bits per heavy atom. The third-order valence-electron chi connectivity index (χ3n) is 5.60. The van der Waals surface area contributed by atoms with Crippen LogP contribution in [-0.4, -0.2) is 61.4 Å². The first-order valence-electron chi connectivity index (χ1n) is 12.0. The average Bonchev–Trinajstić information content (AvgIpc) is 2.81. The summed E-state index contributed by atoms with van der Waals surface area (Å²) in [4.78, 5) is 17.1. The molecule has 0 spiro atoms. The van der Waals surface area contributed by atoms with Crippen molar-refractivity contribution in [3.05, 3.63) is 59.7 Å². The Hall–Kier alpha value is -2.81. The van der Waals surface area contributed by atoms with Crippen molar-refractivity contribution in [2.75, 3.05) is 33.4 Å². The van der Waals surface area contributed by atoms with Gasteiger partial charge in [-0.05, 0) is 51.0 Å². The molecule has 0 aliphatic carbocycles. The maximum Gasteiger partial charge on any atom is 0.528 e. The summed E-state index contributed by atoms with van der Waals surface area (Å²) in [7, 11) is 1.66. The van der Waals surface area contributed by atoms with Crippen molar-refractivity contribution in [3.8, 4) is 11.5 Å². The van der Waals surface area contributed by atoms with E-state index < -0.39 is 17.9 Å². The van der Waals surface area contributed by atoms with E-state index in [1.54, 1.807) is 27.9 Å². The van der Waals surface area contributed by atoms with Crippen molar-refractivity contribution in [2.45, 2.75) is 57.8 Å². The van der Waals surface area contributed by atoms with E-state index >= 15 is 0 Å². The maximum absolute atomic E-state index is 11.9. The van der Waals surface area contributed by atoms with E-state index in [2.05, 4.69) is 0 Å². The van der Waals surface area contributed by atoms with Gasteiger partial charge in [0.05, 0.1) is 39.6 Å². The zero-order chi connectivity index (χ0) is 25.3. The van der Waals surface area contributed by atoms with Gasteiger partial charge < -0.3 is 28.9 Å². The van der Waals surface area contributed by atoms with Gasteiger partial charge in [0.25, 0.3) is 0 Å². The van der Waals surface area contributed by atoms with Crippen LogP contribution in [0.5, 0.6) is 11.5 Å². The fraction of sp³-hybridized carbons (Fsp3) is 0.519. The molecule has 1 fully saturated rings. The standard InChI is InChI=1S/C27H37NO7/c1-27(2,3)34-26(30)35-28-15-14-23(24(29)18-28)20-10-12-22(13-11-20)33-17-7-16-32-19-21-8-5-6-9-25(21)31-4/h5-6,8-13,23-24,29H,7,14-19H2,1-4H3/t23-,24+/m1/s1. The molecule has 3 rings (SSSR count). The predicted molar refractivity (Wildman–Crippen MR) is 131 cm³/mol. The number of hydrogen-bond donors (Lipinski definition) is 1. The third kappa shape index (κ3) is 8.72. The largest absolute Gasteiger partial charge is 0.528 e. The molecule has 1 N–H and O–H groups in total. The highest BCUT2D eigenvalue weighted by atomic mass is 16.8. The zero-order valence-electron chi connectivity index (χ0n) is 21.1. The summed E-state index contributed by atoms with van der Waals surface area (Å²) in [5.41, 5.74) is 1.43. The van der Waals surface area contributed by atoms with Crippen LogP contribution in [0.2, 0.25) is 0 Å². The molecule has 2 aromatic rings. The summed E-state index contributed by atoms with van der Waals surface area (Å²) in [6.07, 6.45) is 0.0209. The van der Waals surface area contributed by atoms with Crippen LogP contribution in [0.4, 0.5) is 4.79 Å². The lowest BCUT2D eigenvalue weighted by Gasteiger charge is -2.34. The smallest absolute Gasteiger partial charge is 0.496 e. The van der Waals surface area contributed by atoms with E-state index in [1.807, 2.05) is 48.5 Å². The highest BCUT2D eigenvalue weighted by Crippen LogP contribution is 2.30. The van der Waals surface area contributed by atoms with Crippen LogP contribution < -0.4 is 9.47 Å². The van der Waals surface area contributed by atoms with E-state index in [9.17, 15) is 9.90 Å². The number of carbonyl (C=O) groups excluding carboxylic acids is 1. The highest BCUT2D eigenvalue weighted by Gasteiger charge is 2.32. The molecule has 0 unspecified atom stereocenters. The van der Waals surface area contributed by atoms with Crippen molar-refractivity contribution in [1.29, 1.82) is 0 Å². The molecular formula is C27H37NO7. The minimum absolute atomic E-state index is 0.0362. The number of aliphatic hydroxyl groups excluding tert-OH is 1. The summed E-state index contributed by atoms with van der Waals surface area (Å²) in [6, 6.07) is 15.6. The number of benzene rings is 2. The van der Waals surface area contributed by atoms with Crippen molar-refractivity contribution in [3.63, 3.8) is 0 Å². The van der Waals surface area contributed by atoms with E-state index in [0.29, 0.717) is 32.8 Å².